The van der Waals surface area contributed by atoms with Crippen molar-refractivity contribution in [3.63, 3.8) is 0 Å². The van der Waals surface area contributed by atoms with Gasteiger partial charge in [0.25, 0.3) is 0 Å². The first-order valence-corrected chi connectivity index (χ1v) is 2.19. The Labute approximate surface area is 117 Å². The summed E-state index contributed by atoms with van der Waals surface area (Å²) in [5, 5.41) is 0. The Morgan fingerprint density at radius 2 is 0.533 bits per heavy atom. The van der Waals surface area contributed by atoms with Gasteiger partial charge in [-0.05, 0) is 0 Å². The molecule has 96 valence electrons. The quantitative estimate of drug-likeness (QED) is 0.309. The van der Waals surface area contributed by atoms with Gasteiger partial charge < -0.3 is 63.1 Å². The minimum atomic E-state index is -5.39. The number of hydrogen-bond acceptors (Lipinski definition) is 4. The van der Waals surface area contributed by atoms with Gasteiger partial charge >= 0.3 is 46.1 Å². The Bertz CT molecular complexity index is 59.8. The molecule has 0 saturated carbocycles. The Morgan fingerprint density at radius 3 is 0.533 bits per heavy atom. The monoisotopic (exact) mass is 287 g/mol. The molecule has 0 aromatic carbocycles. The second kappa shape index (κ2) is 58.6. The zero-order chi connectivity index (χ0) is 4.50. The zero-order valence-electron chi connectivity index (χ0n) is 7.49. The summed E-state index contributed by atoms with van der Waals surface area (Å²) in [5.41, 5.74) is 0. The Balaban J connectivity index is -0.00000000178. The van der Waals surface area contributed by atoms with E-state index in [1.165, 1.54) is 0 Å². The van der Waals surface area contributed by atoms with Crippen LogP contribution < -0.4 is 14.7 Å². The van der Waals surface area contributed by atoms with Crippen molar-refractivity contribution in [2.45, 2.75) is 0 Å². The van der Waals surface area contributed by atoms with Crippen LogP contribution in [0.1, 0.15) is 0 Å². The number of phosphoric acid groups is 1. The summed E-state index contributed by atoms with van der Waals surface area (Å²) in [4.78, 5) is 25.6. The van der Waals surface area contributed by atoms with Gasteiger partial charge in [-0.3, -0.25) is 0 Å². The predicted octanol–water partition coefficient (Wildman–Crippen LogP) is -10.2. The second-order valence-electron chi connectivity index (χ2n) is 0.447. The van der Waals surface area contributed by atoms with Gasteiger partial charge in [0.05, 0.1) is 0 Å². The SMILES string of the molecule is O.O.O.O.O.O.O.O.O=P([O-])([O-])[O-].[Mg+2].[Mg+2]. The van der Waals surface area contributed by atoms with Crippen LogP contribution in [0, 0.1) is 0 Å². The zero-order valence-corrected chi connectivity index (χ0v) is 11.2. The van der Waals surface area contributed by atoms with E-state index in [9.17, 15) is 0 Å². The third-order valence-corrected chi connectivity index (χ3v) is 0. The first-order valence-electron chi connectivity index (χ1n) is 0.730. The predicted molar refractivity (Wildman–Crippen MR) is 48.0 cm³/mol. The average Bonchev–Trinajstić information content (AvgIpc) is 0.722. The molecule has 0 saturated heterocycles. The Kier molecular flexibility index (Phi) is 529. The molecule has 15 heteroatoms. The molecule has 0 aliphatic carbocycles. The molecule has 0 aliphatic heterocycles. The van der Waals surface area contributed by atoms with Crippen molar-refractivity contribution in [3.8, 4) is 0 Å². The van der Waals surface area contributed by atoms with E-state index < -0.39 is 7.82 Å². The Morgan fingerprint density at radius 1 is 0.533 bits per heavy atom. The minimum Gasteiger partial charge on any atom is -0.822 e. The molecule has 0 radical (unpaired) electrons. The van der Waals surface area contributed by atoms with Gasteiger partial charge in [0.15, 0.2) is 0 Å². The van der Waals surface area contributed by atoms with E-state index in [2.05, 4.69) is 0 Å². The molecule has 0 fully saturated rings. The summed E-state index contributed by atoms with van der Waals surface area (Å²) < 4.78 is 8.55. The van der Waals surface area contributed by atoms with Crippen LogP contribution in [0.25, 0.3) is 0 Å². The van der Waals surface area contributed by atoms with Crippen LogP contribution in [0.5, 0.6) is 0 Å². The van der Waals surface area contributed by atoms with Gasteiger partial charge in [-0.25, -0.2) is 0 Å². The molecule has 0 bridgehead atoms. The molecular formula is H16Mg2O12P+. The summed E-state index contributed by atoms with van der Waals surface area (Å²) >= 11 is 0. The van der Waals surface area contributed by atoms with Gasteiger partial charge in [-0.2, -0.15) is 7.82 Å². The molecule has 0 aromatic rings. The van der Waals surface area contributed by atoms with E-state index in [0.29, 0.717) is 0 Å². The Hall–Kier alpha value is 1.32. The molecule has 0 spiro atoms. The normalized spacial score (nSPS) is 3.93. The summed E-state index contributed by atoms with van der Waals surface area (Å²) in [6.45, 7) is 0. The fraction of sp³-hybridized carbons (Fsp3) is 0. The molecule has 0 unspecified atom stereocenters. The molecule has 0 atom stereocenters. The first-order chi connectivity index (χ1) is 2.00. The molecular weight excluding hydrogens is 272 g/mol. The molecule has 0 aromatic heterocycles. The van der Waals surface area contributed by atoms with E-state index >= 15 is 0 Å². The fourth-order valence-corrected chi connectivity index (χ4v) is 0. The van der Waals surface area contributed by atoms with E-state index in [4.69, 9.17) is 19.2 Å². The van der Waals surface area contributed by atoms with Gasteiger partial charge in [0.1, 0.15) is 0 Å². The van der Waals surface area contributed by atoms with Crippen molar-refractivity contribution in [1.29, 1.82) is 0 Å². The van der Waals surface area contributed by atoms with Crippen LogP contribution >= 0.6 is 7.82 Å². The maximum absolute atomic E-state index is 8.55. The molecule has 0 heterocycles. The number of rotatable bonds is 0. The van der Waals surface area contributed by atoms with E-state index in [1.54, 1.807) is 0 Å². The standard InChI is InChI=1S/2Mg.H3O4P.8H2O/c;;1-5(2,3)4;;;;;;;;/h;;(H3,1,2,3,4);8*1H2/q2*+2;;;;;;;;;/p-3. The second-order valence-corrected chi connectivity index (χ2v) is 1.34. The van der Waals surface area contributed by atoms with Gasteiger partial charge in [0, 0.05) is 0 Å². The average molecular weight is 288 g/mol. The van der Waals surface area contributed by atoms with Crippen molar-refractivity contribution in [1.82, 2.24) is 0 Å². The van der Waals surface area contributed by atoms with E-state index in [0.717, 1.165) is 0 Å². The molecule has 0 amide bonds. The van der Waals surface area contributed by atoms with Crippen LogP contribution in [-0.2, 0) is 4.57 Å². The largest absolute Gasteiger partial charge is 2.00 e. The summed E-state index contributed by atoms with van der Waals surface area (Å²) in [6.07, 6.45) is 0. The molecule has 0 rings (SSSR count). The van der Waals surface area contributed by atoms with Crippen LogP contribution in [0.4, 0.5) is 0 Å². The number of hydrogen-bond donors (Lipinski definition) is 0. The summed E-state index contributed by atoms with van der Waals surface area (Å²) in [7, 11) is -5.39. The van der Waals surface area contributed by atoms with Crippen LogP contribution in [-0.4, -0.2) is 89.9 Å². The summed E-state index contributed by atoms with van der Waals surface area (Å²) in [5.74, 6) is 0. The fourth-order valence-electron chi connectivity index (χ4n) is 0. The van der Waals surface area contributed by atoms with Gasteiger partial charge in [-0.1, -0.05) is 0 Å². The van der Waals surface area contributed by atoms with Gasteiger partial charge in [0.2, 0.25) is 0 Å². The van der Waals surface area contributed by atoms with Crippen molar-refractivity contribution in [2.75, 3.05) is 0 Å². The topological polar surface area (TPSA) is 338 Å². The van der Waals surface area contributed by atoms with Crippen molar-refractivity contribution in [2.24, 2.45) is 0 Å². The van der Waals surface area contributed by atoms with E-state index in [1.807, 2.05) is 0 Å². The summed E-state index contributed by atoms with van der Waals surface area (Å²) in [6, 6.07) is 0. The van der Waals surface area contributed by atoms with Gasteiger partial charge in [-0.15, -0.1) is 0 Å². The van der Waals surface area contributed by atoms with E-state index in [-0.39, 0.29) is 89.9 Å². The van der Waals surface area contributed by atoms with Crippen molar-refractivity contribution in [3.05, 3.63) is 0 Å². The van der Waals surface area contributed by atoms with Crippen LogP contribution in [0.2, 0.25) is 0 Å². The maximum atomic E-state index is 8.55. The molecule has 0 aliphatic rings. The van der Waals surface area contributed by atoms with Crippen LogP contribution in [0.3, 0.4) is 0 Å². The molecule has 12 nitrogen and oxygen atoms in total. The van der Waals surface area contributed by atoms with Crippen LogP contribution in [0.15, 0.2) is 0 Å². The third kappa shape index (κ3) is 1550. The third-order valence-electron chi connectivity index (χ3n) is 0. The van der Waals surface area contributed by atoms with Crippen molar-refractivity contribution >= 4 is 53.9 Å². The minimum absolute atomic E-state index is 0. The van der Waals surface area contributed by atoms with Crippen molar-refractivity contribution < 1.29 is 63.1 Å². The molecule has 15 heavy (non-hydrogen) atoms. The maximum Gasteiger partial charge on any atom is 2.00 e. The molecule has 16 N–H and O–H groups in total. The smallest absolute Gasteiger partial charge is 0.822 e. The first kappa shape index (κ1) is 135.